The van der Waals surface area contributed by atoms with Gasteiger partial charge in [0.1, 0.15) is 11.4 Å². The number of hydrogen-bond acceptors (Lipinski definition) is 10. The number of nitrogens with zero attached hydrogens (tertiary/aromatic N) is 9. The van der Waals surface area contributed by atoms with Gasteiger partial charge in [-0.25, -0.2) is 9.89 Å². The molecule has 0 unspecified atom stereocenters. The van der Waals surface area contributed by atoms with Gasteiger partial charge < -0.3 is 0 Å². The lowest BCUT2D eigenvalue weighted by atomic mass is 10.3. The van der Waals surface area contributed by atoms with Gasteiger partial charge in [0, 0.05) is 7.05 Å². The fraction of sp³-hybridized carbons (Fsp3) is 0.200. The van der Waals surface area contributed by atoms with Gasteiger partial charge >= 0.3 is 0 Å². The first kappa shape index (κ1) is 28.5. The summed E-state index contributed by atoms with van der Waals surface area (Å²) in [5, 5.41) is 16.8. The predicted molar refractivity (Wildman–Crippen MR) is 160 cm³/mol. The lowest BCUT2D eigenvalue weighted by molar-refractivity contribution is 0.670. The second kappa shape index (κ2) is 13.0. The van der Waals surface area contributed by atoms with Crippen molar-refractivity contribution in [3.63, 3.8) is 0 Å². The zero-order valence-corrected chi connectivity index (χ0v) is 24.1. The van der Waals surface area contributed by atoms with Crippen molar-refractivity contribution in [2.24, 2.45) is 9.98 Å². The Balaban J connectivity index is 1.95. The van der Waals surface area contributed by atoms with Gasteiger partial charge in [-0.2, -0.15) is 9.35 Å². The summed E-state index contributed by atoms with van der Waals surface area (Å²) in [5.41, 5.74) is 7.05. The van der Waals surface area contributed by atoms with Crippen LogP contribution >= 0.6 is 23.5 Å². The smallest absolute Gasteiger partial charge is 0.265 e. The van der Waals surface area contributed by atoms with Crippen molar-refractivity contribution in [1.29, 1.82) is 0 Å². The molecule has 0 aliphatic heterocycles. The second-order valence-electron chi connectivity index (χ2n) is 8.04. The molecule has 0 fully saturated rings. The molecule has 0 atom stereocenters. The molecule has 2 aromatic carbocycles. The van der Waals surface area contributed by atoms with E-state index in [2.05, 4.69) is 36.2 Å². The van der Waals surface area contributed by atoms with E-state index in [1.54, 1.807) is 38.3 Å². The summed E-state index contributed by atoms with van der Waals surface area (Å²) in [7, 11) is 1.57. The Morgan fingerprint density at radius 2 is 1.23 bits per heavy atom. The van der Waals surface area contributed by atoms with Crippen molar-refractivity contribution in [3.05, 3.63) is 92.8 Å². The number of para-hydroxylation sites is 2. The number of aryl methyl sites for hydroxylation is 2. The van der Waals surface area contributed by atoms with Gasteiger partial charge in [0.15, 0.2) is 0 Å². The van der Waals surface area contributed by atoms with Crippen molar-refractivity contribution in [2.45, 2.75) is 24.2 Å². The summed E-state index contributed by atoms with van der Waals surface area (Å²) in [6.45, 7) is 3.16. The van der Waals surface area contributed by atoms with Crippen LogP contribution in [0.4, 0.5) is 11.4 Å². The van der Waals surface area contributed by atoms with Crippen LogP contribution in [0.1, 0.15) is 11.4 Å². The molecule has 13 nitrogen and oxygen atoms in total. The zero-order valence-electron chi connectivity index (χ0n) is 22.4. The molecule has 0 aliphatic carbocycles. The number of aliphatic imine (C=N–C) groups is 2. The van der Waals surface area contributed by atoms with E-state index in [1.807, 2.05) is 60.7 Å². The van der Waals surface area contributed by atoms with Crippen molar-refractivity contribution < 1.29 is 0 Å². The zero-order chi connectivity index (χ0) is 28.6. The molecule has 0 aliphatic rings. The molecule has 0 saturated carbocycles. The van der Waals surface area contributed by atoms with Gasteiger partial charge in [-0.15, -0.1) is 20.4 Å². The average molecular weight is 578 g/mol. The summed E-state index contributed by atoms with van der Waals surface area (Å²) in [4.78, 5) is 37.2. The fourth-order valence-corrected chi connectivity index (χ4v) is 4.31. The van der Waals surface area contributed by atoms with E-state index in [-0.39, 0.29) is 23.3 Å². The van der Waals surface area contributed by atoms with Gasteiger partial charge in [0.2, 0.25) is 22.2 Å². The van der Waals surface area contributed by atoms with Gasteiger partial charge in [-0.1, -0.05) is 59.9 Å². The Morgan fingerprint density at radius 3 is 1.70 bits per heavy atom. The third-order valence-electron chi connectivity index (χ3n) is 5.41. The number of aromatic nitrogens is 6. The Hall–Kier alpha value is -4.50. The molecule has 206 valence electrons. The van der Waals surface area contributed by atoms with Gasteiger partial charge in [-0.05, 0) is 50.6 Å². The highest BCUT2D eigenvalue weighted by atomic mass is 32.2. The highest BCUT2D eigenvalue weighted by Gasteiger charge is 2.24. The van der Waals surface area contributed by atoms with E-state index in [4.69, 9.17) is 4.99 Å². The Morgan fingerprint density at radius 1 is 0.750 bits per heavy atom. The minimum Gasteiger partial charge on any atom is -0.265 e. The van der Waals surface area contributed by atoms with Crippen molar-refractivity contribution >= 4 is 46.8 Å². The van der Waals surface area contributed by atoms with E-state index < -0.39 is 11.1 Å². The van der Waals surface area contributed by atoms with Crippen LogP contribution in [-0.2, 0) is 0 Å². The number of nitrogens with one attached hydrogen (secondary N) is 2. The first-order valence-corrected chi connectivity index (χ1v) is 14.3. The Kier molecular flexibility index (Phi) is 9.29. The quantitative estimate of drug-likeness (QED) is 0.198. The standard InChI is InChI=1S/C25H27N11O2S2/c1-16-20(37)35(24(39-4)30-28-16)32-22(26-3)34(19-14-10-7-11-15-19)23(27-18-12-8-6-9-13-18)33-36-21(38)17(2)29-31-25(36)40-5/h6-15H,1-5H3,(H,26,32)(H,27,33). The summed E-state index contributed by atoms with van der Waals surface area (Å²) >= 11 is 2.49. The van der Waals surface area contributed by atoms with Crippen molar-refractivity contribution in [1.82, 2.24) is 29.7 Å². The maximum absolute atomic E-state index is 13.2. The maximum atomic E-state index is 13.2. The lowest BCUT2D eigenvalue weighted by Crippen LogP contribution is -2.52. The van der Waals surface area contributed by atoms with Crippen LogP contribution in [-0.4, -0.2) is 61.2 Å². The third-order valence-corrected chi connectivity index (χ3v) is 6.67. The molecule has 0 saturated heterocycles. The molecule has 2 heterocycles. The number of rotatable bonds is 6. The first-order chi connectivity index (χ1) is 19.4. The predicted octanol–water partition coefficient (Wildman–Crippen LogP) is 2.62. The van der Waals surface area contributed by atoms with Gasteiger partial charge in [0.05, 0.1) is 11.4 Å². The molecule has 2 N–H and O–H groups in total. The second-order valence-corrected chi connectivity index (χ2v) is 9.58. The SMILES string of the molecule is CN=C(Nn1c(SC)nnc(C)c1=O)N(C(=Nc1ccccc1)Nn1c(SC)nnc(C)c1=O)c1ccccc1. The number of benzene rings is 2. The summed E-state index contributed by atoms with van der Waals surface area (Å²) in [5.74, 6) is 0.392. The third kappa shape index (κ3) is 6.21. The fourth-order valence-electron chi connectivity index (χ4n) is 3.44. The molecule has 4 rings (SSSR count). The monoisotopic (exact) mass is 577 g/mol. The number of thioether (sulfide) groups is 2. The molecular weight excluding hydrogens is 550 g/mol. The van der Waals surface area contributed by atoms with Crippen LogP contribution in [0.5, 0.6) is 0 Å². The van der Waals surface area contributed by atoms with Crippen LogP contribution in [0.15, 0.2) is 90.6 Å². The highest BCUT2D eigenvalue weighted by molar-refractivity contribution is 7.98. The summed E-state index contributed by atoms with van der Waals surface area (Å²) in [6.07, 6.45) is 3.57. The maximum Gasteiger partial charge on any atom is 0.294 e. The molecule has 0 spiro atoms. The lowest BCUT2D eigenvalue weighted by Gasteiger charge is -2.29. The van der Waals surface area contributed by atoms with Crippen LogP contribution in [0, 0.1) is 13.8 Å². The van der Waals surface area contributed by atoms with E-state index >= 15 is 0 Å². The number of anilines is 1. The number of hydrogen-bond donors (Lipinski definition) is 2. The van der Waals surface area contributed by atoms with E-state index in [0.717, 1.165) is 0 Å². The topological polar surface area (TPSA) is 148 Å². The molecule has 4 aromatic rings. The summed E-state index contributed by atoms with van der Waals surface area (Å²) in [6, 6.07) is 18.5. The van der Waals surface area contributed by atoms with Crippen LogP contribution < -0.4 is 26.9 Å². The molecule has 15 heteroatoms. The molecule has 0 amide bonds. The Bertz CT molecular complexity index is 1660. The van der Waals surface area contributed by atoms with Gasteiger partial charge in [-0.3, -0.25) is 25.4 Å². The average Bonchev–Trinajstić information content (AvgIpc) is 2.98. The Labute approximate surface area is 238 Å². The molecule has 2 aromatic heterocycles. The molecule has 0 bridgehead atoms. The minimum atomic E-state index is -0.397. The normalized spacial score (nSPS) is 11.8. The largest absolute Gasteiger partial charge is 0.294 e. The van der Waals surface area contributed by atoms with Crippen molar-refractivity contribution in [3.8, 4) is 0 Å². The van der Waals surface area contributed by atoms with Crippen LogP contribution in [0.25, 0.3) is 0 Å². The summed E-state index contributed by atoms with van der Waals surface area (Å²) < 4.78 is 2.54. The molecular formula is C25H27N11O2S2. The highest BCUT2D eigenvalue weighted by Crippen LogP contribution is 2.19. The van der Waals surface area contributed by atoms with Crippen molar-refractivity contribution in [2.75, 3.05) is 35.3 Å². The van der Waals surface area contributed by atoms with E-state index in [1.165, 1.54) is 32.9 Å². The minimum absolute atomic E-state index is 0.188. The molecule has 0 radical (unpaired) electrons. The molecule has 40 heavy (non-hydrogen) atoms. The van der Waals surface area contributed by atoms with Crippen LogP contribution in [0.2, 0.25) is 0 Å². The first-order valence-electron chi connectivity index (χ1n) is 11.9. The van der Waals surface area contributed by atoms with Gasteiger partial charge in [0.25, 0.3) is 11.1 Å². The van der Waals surface area contributed by atoms with E-state index in [9.17, 15) is 9.59 Å². The number of guanidine groups is 2. The van der Waals surface area contributed by atoms with Crippen LogP contribution in [0.3, 0.4) is 0 Å². The van der Waals surface area contributed by atoms with E-state index in [0.29, 0.717) is 21.7 Å².